The van der Waals surface area contributed by atoms with Crippen molar-refractivity contribution in [1.82, 2.24) is 0 Å². The number of amides is 1. The highest BCUT2D eigenvalue weighted by Crippen LogP contribution is 2.33. The van der Waals surface area contributed by atoms with Gasteiger partial charge in [0.05, 0.1) is 5.69 Å². The van der Waals surface area contributed by atoms with Gasteiger partial charge in [0.2, 0.25) is 0 Å². The number of nitrogens with zero attached hydrogens (tertiary/aromatic N) is 1. The van der Waals surface area contributed by atoms with E-state index in [0.717, 1.165) is 22.3 Å². The molecule has 3 rings (SSSR count). The van der Waals surface area contributed by atoms with Crippen molar-refractivity contribution in [2.75, 3.05) is 4.90 Å². The highest BCUT2D eigenvalue weighted by molar-refractivity contribution is 5.99. The molecular weight excluding hydrogens is 366 g/mol. The summed E-state index contributed by atoms with van der Waals surface area (Å²) in [6, 6.07) is 23.3. The van der Waals surface area contributed by atoms with Crippen LogP contribution in [0.3, 0.4) is 0 Å². The van der Waals surface area contributed by atoms with E-state index in [1.54, 1.807) is 12.1 Å². The monoisotopic (exact) mass is 389 g/mol. The van der Waals surface area contributed by atoms with Crippen LogP contribution in [0.25, 0.3) is 11.1 Å². The normalized spacial score (nSPS) is 11.5. The first-order valence-electron chi connectivity index (χ1n) is 9.36. The van der Waals surface area contributed by atoms with Crippen molar-refractivity contribution in [3.63, 3.8) is 0 Å². The smallest absolute Gasteiger partial charge is 0.415 e. The molecule has 0 aliphatic rings. The van der Waals surface area contributed by atoms with Gasteiger partial charge < -0.3 is 9.84 Å². The number of carboxylic acids is 1. The maximum Gasteiger partial charge on any atom is 0.415 e. The van der Waals surface area contributed by atoms with Gasteiger partial charge in [-0.15, -0.1) is 0 Å². The average molecular weight is 389 g/mol. The Morgan fingerprint density at radius 1 is 0.966 bits per heavy atom. The molecule has 0 aliphatic heterocycles. The minimum Gasteiger partial charge on any atom is -0.480 e. The lowest BCUT2D eigenvalue weighted by atomic mass is 10.0. The summed E-state index contributed by atoms with van der Waals surface area (Å²) in [6.45, 7) is 3.52. The predicted molar refractivity (Wildman–Crippen MR) is 113 cm³/mol. The summed E-state index contributed by atoms with van der Waals surface area (Å²) in [5, 5.41) is 9.60. The number of carbonyl (C=O) groups is 2. The number of carboxylic acid groups (broad SMARTS) is 1. The van der Waals surface area contributed by atoms with Crippen molar-refractivity contribution in [1.29, 1.82) is 0 Å². The number of hydrogen-bond donors (Lipinski definition) is 1. The quantitative estimate of drug-likeness (QED) is 0.623. The van der Waals surface area contributed by atoms with Crippen molar-refractivity contribution in [2.24, 2.45) is 0 Å². The zero-order valence-electron chi connectivity index (χ0n) is 16.4. The van der Waals surface area contributed by atoms with Crippen LogP contribution in [0.5, 0.6) is 0 Å². The Hall–Kier alpha value is -3.60. The van der Waals surface area contributed by atoms with E-state index in [1.807, 2.05) is 73.7 Å². The van der Waals surface area contributed by atoms with Gasteiger partial charge in [-0.25, -0.2) is 9.59 Å². The molecule has 0 aromatic heterocycles. The summed E-state index contributed by atoms with van der Waals surface area (Å²) in [6.07, 6.45) is -0.705. The lowest BCUT2D eigenvalue weighted by Crippen LogP contribution is -2.44. The fourth-order valence-corrected chi connectivity index (χ4v) is 3.10. The highest BCUT2D eigenvalue weighted by Gasteiger charge is 2.30. The van der Waals surface area contributed by atoms with Crippen molar-refractivity contribution >= 4 is 17.7 Å². The minimum atomic E-state index is -1.11. The molecule has 0 unspecified atom stereocenters. The van der Waals surface area contributed by atoms with Crippen molar-refractivity contribution in [2.45, 2.75) is 26.5 Å². The molecule has 0 fully saturated rings. The maximum atomic E-state index is 13.0. The molecule has 0 spiro atoms. The highest BCUT2D eigenvalue weighted by atomic mass is 16.6. The Bertz CT molecular complexity index is 1000. The molecule has 148 valence electrons. The van der Waals surface area contributed by atoms with E-state index in [0.29, 0.717) is 5.69 Å². The van der Waals surface area contributed by atoms with Gasteiger partial charge in [-0.05, 0) is 31.0 Å². The predicted octanol–water partition coefficient (Wildman–Crippen LogP) is 5.28. The van der Waals surface area contributed by atoms with Crippen LogP contribution in [0.4, 0.5) is 10.5 Å². The van der Waals surface area contributed by atoms with E-state index in [1.165, 1.54) is 11.8 Å². The van der Waals surface area contributed by atoms with Crippen LogP contribution < -0.4 is 4.90 Å². The second kappa shape index (κ2) is 9.06. The van der Waals surface area contributed by atoms with E-state index in [9.17, 15) is 14.7 Å². The molecule has 5 heteroatoms. The zero-order chi connectivity index (χ0) is 20.8. The van der Waals surface area contributed by atoms with E-state index >= 15 is 0 Å². The maximum absolute atomic E-state index is 13.0. The number of hydrogen-bond acceptors (Lipinski definition) is 3. The van der Waals surface area contributed by atoms with Gasteiger partial charge in [-0.1, -0.05) is 78.4 Å². The number of aryl methyl sites for hydroxylation is 1. The molecule has 0 aliphatic carbocycles. The molecule has 1 amide bonds. The fraction of sp³-hybridized carbons (Fsp3) is 0.167. The van der Waals surface area contributed by atoms with Crippen molar-refractivity contribution in [3.05, 3.63) is 90.0 Å². The molecule has 5 nitrogen and oxygen atoms in total. The molecule has 3 aromatic carbocycles. The molecule has 0 saturated heterocycles. The van der Waals surface area contributed by atoms with E-state index in [4.69, 9.17) is 4.74 Å². The molecule has 3 aromatic rings. The number of aliphatic carboxylic acids is 1. The van der Waals surface area contributed by atoms with Gasteiger partial charge >= 0.3 is 12.1 Å². The topological polar surface area (TPSA) is 66.8 Å². The van der Waals surface area contributed by atoms with Crippen LogP contribution in [-0.4, -0.2) is 23.2 Å². The molecule has 0 saturated carbocycles. The van der Waals surface area contributed by atoms with Gasteiger partial charge in [0, 0.05) is 5.56 Å². The molecule has 1 N–H and O–H groups in total. The number of rotatable bonds is 6. The molecular formula is C24H23NO4. The van der Waals surface area contributed by atoms with Gasteiger partial charge in [-0.2, -0.15) is 0 Å². The third-order valence-corrected chi connectivity index (χ3v) is 4.64. The number of ether oxygens (including phenoxy) is 1. The molecule has 0 heterocycles. The van der Waals surface area contributed by atoms with Crippen LogP contribution in [0, 0.1) is 6.92 Å². The van der Waals surface area contributed by atoms with Crippen molar-refractivity contribution in [3.8, 4) is 11.1 Å². The Morgan fingerprint density at radius 3 is 2.34 bits per heavy atom. The van der Waals surface area contributed by atoms with E-state index in [-0.39, 0.29) is 6.61 Å². The third-order valence-electron chi connectivity index (χ3n) is 4.64. The van der Waals surface area contributed by atoms with Crippen LogP contribution in [0.1, 0.15) is 18.1 Å². The Kier molecular flexibility index (Phi) is 6.29. The number of benzene rings is 3. The lowest BCUT2D eigenvalue weighted by Gasteiger charge is -2.28. The second-order valence-corrected chi connectivity index (χ2v) is 6.81. The first-order chi connectivity index (χ1) is 14.0. The van der Waals surface area contributed by atoms with Crippen molar-refractivity contribution < 1.29 is 19.4 Å². The lowest BCUT2D eigenvalue weighted by molar-refractivity contribution is -0.138. The van der Waals surface area contributed by atoms with E-state index in [2.05, 4.69) is 0 Å². The minimum absolute atomic E-state index is 0.0646. The second-order valence-electron chi connectivity index (χ2n) is 6.81. The number of carbonyl (C=O) groups excluding carboxylic acids is 1. The summed E-state index contributed by atoms with van der Waals surface area (Å²) >= 11 is 0. The van der Waals surface area contributed by atoms with Gasteiger partial charge in [0.25, 0.3) is 0 Å². The fourth-order valence-electron chi connectivity index (χ4n) is 3.10. The van der Waals surface area contributed by atoms with E-state index < -0.39 is 18.1 Å². The van der Waals surface area contributed by atoms with Gasteiger partial charge in [0.1, 0.15) is 12.6 Å². The summed E-state index contributed by atoms with van der Waals surface area (Å²) < 4.78 is 5.45. The van der Waals surface area contributed by atoms with Gasteiger partial charge in [0.15, 0.2) is 0 Å². The number of para-hydroxylation sites is 1. The Morgan fingerprint density at radius 2 is 1.66 bits per heavy atom. The Balaban J connectivity index is 1.97. The first kappa shape index (κ1) is 20.1. The largest absolute Gasteiger partial charge is 0.480 e. The van der Waals surface area contributed by atoms with Crippen LogP contribution in [0.2, 0.25) is 0 Å². The molecule has 0 bridgehead atoms. The summed E-state index contributed by atoms with van der Waals surface area (Å²) in [5.74, 6) is -1.11. The Labute approximate surface area is 170 Å². The summed E-state index contributed by atoms with van der Waals surface area (Å²) in [7, 11) is 0. The zero-order valence-corrected chi connectivity index (χ0v) is 16.4. The summed E-state index contributed by atoms with van der Waals surface area (Å²) in [5.41, 5.74) is 4.06. The molecule has 0 radical (unpaired) electrons. The molecule has 29 heavy (non-hydrogen) atoms. The average Bonchev–Trinajstić information content (AvgIpc) is 2.73. The SMILES string of the molecule is Cc1cccc(-c2ccccc2N(C(=O)OCc2ccccc2)[C@@H](C)C(=O)O)c1. The summed E-state index contributed by atoms with van der Waals surface area (Å²) in [4.78, 5) is 25.9. The molecule has 1 atom stereocenters. The van der Waals surface area contributed by atoms with Crippen LogP contribution >= 0.6 is 0 Å². The van der Waals surface area contributed by atoms with Gasteiger partial charge in [-0.3, -0.25) is 4.90 Å². The third kappa shape index (κ3) is 4.82. The standard InChI is InChI=1S/C24H23NO4/c1-17-9-8-12-20(15-17)21-13-6-7-14-22(21)25(18(2)23(26)27)24(28)29-16-19-10-4-3-5-11-19/h3-15,18H,16H2,1-2H3,(H,26,27)/t18-/m0/s1. The van der Waals surface area contributed by atoms with Crippen LogP contribution in [0.15, 0.2) is 78.9 Å². The van der Waals surface area contributed by atoms with Crippen LogP contribution in [-0.2, 0) is 16.1 Å². The number of anilines is 1. The first-order valence-corrected chi connectivity index (χ1v) is 9.36.